The molecule has 1 aliphatic heterocycles. The molecular formula is C21H29N3O2. The van der Waals surface area contributed by atoms with Crippen LogP contribution in [0.15, 0.2) is 29.3 Å². The Hall–Kier alpha value is -1.88. The Bertz CT molecular complexity index is 810. The molecule has 26 heavy (non-hydrogen) atoms. The Balaban J connectivity index is 1.51. The van der Waals surface area contributed by atoms with Crippen LogP contribution in [-0.2, 0) is 6.54 Å². The predicted octanol–water partition coefficient (Wildman–Crippen LogP) is 3.59. The average Bonchev–Trinajstić information content (AvgIpc) is 3.22. The molecule has 1 aromatic carbocycles. The van der Waals surface area contributed by atoms with E-state index in [4.69, 9.17) is 4.74 Å². The molecule has 5 heteroatoms. The van der Waals surface area contributed by atoms with Crippen molar-refractivity contribution in [2.75, 3.05) is 13.7 Å². The quantitative estimate of drug-likeness (QED) is 0.822. The van der Waals surface area contributed by atoms with Crippen LogP contribution < -0.4 is 10.3 Å². The molecule has 0 N–H and O–H groups in total. The van der Waals surface area contributed by atoms with Crippen LogP contribution in [0, 0.1) is 0 Å². The van der Waals surface area contributed by atoms with E-state index in [2.05, 4.69) is 9.88 Å². The average molecular weight is 355 g/mol. The molecule has 1 atom stereocenters. The third-order valence-electron chi connectivity index (χ3n) is 6.21. The zero-order chi connectivity index (χ0) is 17.9. The third-order valence-corrected chi connectivity index (χ3v) is 6.21. The van der Waals surface area contributed by atoms with Crippen molar-refractivity contribution in [1.29, 1.82) is 0 Å². The number of nitrogens with zero attached hydrogens (tertiary/aromatic N) is 3. The van der Waals surface area contributed by atoms with E-state index in [1.807, 2.05) is 18.2 Å². The minimum absolute atomic E-state index is 0.0390. The molecule has 5 nitrogen and oxygen atoms in total. The standard InChI is InChI=1S/C21H29N3O2/c1-26-19-11-6-10-18-20(19)22-15-23(21(18)25)14-12-17-9-4-5-13-24(17)16-7-2-3-8-16/h6,10-11,15-17H,2-5,7-9,12-14H2,1H3/t17-/m1/s1. The van der Waals surface area contributed by atoms with Crippen LogP contribution in [0.2, 0.25) is 0 Å². The first kappa shape index (κ1) is 17.5. The highest BCUT2D eigenvalue weighted by Gasteiger charge is 2.30. The van der Waals surface area contributed by atoms with Gasteiger partial charge in [0.25, 0.3) is 5.56 Å². The number of ether oxygens (including phenoxy) is 1. The van der Waals surface area contributed by atoms with Crippen LogP contribution in [0.5, 0.6) is 5.75 Å². The summed E-state index contributed by atoms with van der Waals surface area (Å²) in [5, 5.41) is 0.642. The summed E-state index contributed by atoms with van der Waals surface area (Å²) in [5.74, 6) is 0.659. The normalized spacial score (nSPS) is 22.1. The number of aryl methyl sites for hydroxylation is 1. The topological polar surface area (TPSA) is 47.4 Å². The number of methoxy groups -OCH3 is 1. The lowest BCUT2D eigenvalue weighted by Crippen LogP contribution is -2.45. The molecular weight excluding hydrogens is 326 g/mol. The number of fused-ring (bicyclic) bond motifs is 1. The fourth-order valence-corrected chi connectivity index (χ4v) is 4.82. The van der Waals surface area contributed by atoms with E-state index >= 15 is 0 Å². The van der Waals surface area contributed by atoms with Crippen LogP contribution in [0.1, 0.15) is 51.4 Å². The Morgan fingerprint density at radius 2 is 1.96 bits per heavy atom. The van der Waals surface area contributed by atoms with Gasteiger partial charge in [0.1, 0.15) is 11.3 Å². The van der Waals surface area contributed by atoms with Gasteiger partial charge in [-0.1, -0.05) is 25.3 Å². The van der Waals surface area contributed by atoms with Gasteiger partial charge in [-0.2, -0.15) is 0 Å². The molecule has 2 aromatic rings. The second-order valence-electron chi connectivity index (χ2n) is 7.71. The van der Waals surface area contributed by atoms with E-state index in [0.717, 1.165) is 19.0 Å². The Labute approximate surface area is 155 Å². The summed E-state index contributed by atoms with van der Waals surface area (Å²) >= 11 is 0. The molecule has 2 heterocycles. The number of likely N-dealkylation sites (tertiary alicyclic amines) is 1. The maximum atomic E-state index is 12.9. The number of hydrogen-bond donors (Lipinski definition) is 0. The predicted molar refractivity (Wildman–Crippen MR) is 104 cm³/mol. The first-order valence-corrected chi connectivity index (χ1v) is 10.1. The molecule has 0 radical (unpaired) electrons. The summed E-state index contributed by atoms with van der Waals surface area (Å²) in [7, 11) is 1.61. The fraction of sp³-hybridized carbons (Fsp3) is 0.619. The molecule has 2 fully saturated rings. The van der Waals surface area contributed by atoms with Crippen LogP contribution >= 0.6 is 0 Å². The smallest absolute Gasteiger partial charge is 0.261 e. The highest BCUT2D eigenvalue weighted by molar-refractivity contribution is 5.83. The monoisotopic (exact) mass is 355 g/mol. The minimum Gasteiger partial charge on any atom is -0.494 e. The lowest BCUT2D eigenvalue weighted by molar-refractivity contribution is 0.0880. The summed E-state index contributed by atoms with van der Waals surface area (Å²) in [5.41, 5.74) is 0.693. The van der Waals surface area contributed by atoms with E-state index in [1.54, 1.807) is 18.0 Å². The van der Waals surface area contributed by atoms with Gasteiger partial charge in [0.15, 0.2) is 0 Å². The van der Waals surface area contributed by atoms with Crippen LogP contribution in [0.4, 0.5) is 0 Å². The van der Waals surface area contributed by atoms with Crippen molar-refractivity contribution in [3.05, 3.63) is 34.9 Å². The second-order valence-corrected chi connectivity index (χ2v) is 7.71. The largest absolute Gasteiger partial charge is 0.494 e. The molecule has 2 aliphatic rings. The molecule has 0 spiro atoms. The lowest BCUT2D eigenvalue weighted by atomic mass is 9.96. The molecule has 4 rings (SSSR count). The highest BCUT2D eigenvalue weighted by Crippen LogP contribution is 2.30. The number of para-hydroxylation sites is 1. The number of aromatic nitrogens is 2. The zero-order valence-electron chi connectivity index (χ0n) is 15.7. The molecule has 1 saturated heterocycles. The zero-order valence-corrected chi connectivity index (χ0v) is 15.7. The summed E-state index contributed by atoms with van der Waals surface area (Å²) in [6, 6.07) is 6.93. The number of piperidine rings is 1. The van der Waals surface area contributed by atoms with Crippen molar-refractivity contribution in [1.82, 2.24) is 14.5 Å². The van der Waals surface area contributed by atoms with Gasteiger partial charge in [-0.15, -0.1) is 0 Å². The van der Waals surface area contributed by atoms with E-state index in [-0.39, 0.29) is 5.56 Å². The van der Waals surface area contributed by atoms with Gasteiger partial charge in [0.2, 0.25) is 0 Å². The number of rotatable bonds is 5. The molecule has 0 amide bonds. The molecule has 1 saturated carbocycles. The van der Waals surface area contributed by atoms with Crippen molar-refractivity contribution in [3.63, 3.8) is 0 Å². The first-order chi connectivity index (χ1) is 12.8. The van der Waals surface area contributed by atoms with Crippen molar-refractivity contribution >= 4 is 10.9 Å². The number of benzene rings is 1. The molecule has 0 bridgehead atoms. The number of hydrogen-bond acceptors (Lipinski definition) is 4. The SMILES string of the molecule is COc1cccc2c(=O)n(CC[C@H]3CCCCN3C3CCCC3)cnc12. The molecule has 1 aliphatic carbocycles. The summed E-state index contributed by atoms with van der Waals surface area (Å²) < 4.78 is 7.11. The van der Waals surface area contributed by atoms with E-state index in [1.165, 1.54) is 51.5 Å². The van der Waals surface area contributed by atoms with Crippen molar-refractivity contribution in [3.8, 4) is 5.75 Å². The van der Waals surface area contributed by atoms with Gasteiger partial charge in [-0.05, 0) is 50.8 Å². The van der Waals surface area contributed by atoms with Crippen molar-refractivity contribution in [2.24, 2.45) is 0 Å². The Kier molecular flexibility index (Phi) is 5.25. The second kappa shape index (κ2) is 7.78. The fourth-order valence-electron chi connectivity index (χ4n) is 4.82. The minimum atomic E-state index is 0.0390. The Morgan fingerprint density at radius 3 is 2.77 bits per heavy atom. The third kappa shape index (κ3) is 3.37. The Morgan fingerprint density at radius 1 is 1.15 bits per heavy atom. The van der Waals surface area contributed by atoms with E-state index in [0.29, 0.717) is 22.7 Å². The van der Waals surface area contributed by atoms with Crippen LogP contribution in [0.25, 0.3) is 10.9 Å². The van der Waals surface area contributed by atoms with Gasteiger partial charge in [0.05, 0.1) is 18.8 Å². The van der Waals surface area contributed by atoms with E-state index < -0.39 is 0 Å². The van der Waals surface area contributed by atoms with Gasteiger partial charge >= 0.3 is 0 Å². The molecule has 0 unspecified atom stereocenters. The van der Waals surface area contributed by atoms with Gasteiger partial charge < -0.3 is 4.74 Å². The highest BCUT2D eigenvalue weighted by atomic mass is 16.5. The van der Waals surface area contributed by atoms with Gasteiger partial charge in [0, 0.05) is 18.6 Å². The van der Waals surface area contributed by atoms with Crippen LogP contribution in [-0.4, -0.2) is 40.2 Å². The van der Waals surface area contributed by atoms with Gasteiger partial charge in [-0.3, -0.25) is 14.3 Å². The summed E-state index contributed by atoms with van der Waals surface area (Å²) in [6.45, 7) is 1.98. The first-order valence-electron chi connectivity index (χ1n) is 10.1. The van der Waals surface area contributed by atoms with Crippen molar-refractivity contribution < 1.29 is 4.74 Å². The molecule has 1 aromatic heterocycles. The van der Waals surface area contributed by atoms with Crippen LogP contribution in [0.3, 0.4) is 0 Å². The summed E-state index contributed by atoms with van der Waals surface area (Å²) in [6.07, 6.45) is 12.1. The maximum Gasteiger partial charge on any atom is 0.261 e. The molecule has 140 valence electrons. The van der Waals surface area contributed by atoms with E-state index in [9.17, 15) is 4.79 Å². The maximum absolute atomic E-state index is 12.9. The van der Waals surface area contributed by atoms with Gasteiger partial charge in [-0.25, -0.2) is 4.98 Å². The summed E-state index contributed by atoms with van der Waals surface area (Å²) in [4.78, 5) is 20.1. The lowest BCUT2D eigenvalue weighted by Gasteiger charge is -2.40. The van der Waals surface area contributed by atoms with Crippen molar-refractivity contribution in [2.45, 2.75) is 70.0 Å².